The van der Waals surface area contributed by atoms with Crippen molar-refractivity contribution < 1.29 is 24.0 Å². The maximum Gasteiger partial charge on any atom is 0.288 e. The molecule has 2 spiro atoms. The third kappa shape index (κ3) is 2.56. The topological polar surface area (TPSA) is 119 Å². The van der Waals surface area contributed by atoms with Crippen molar-refractivity contribution in [3.8, 4) is 5.75 Å². The van der Waals surface area contributed by atoms with E-state index in [4.69, 9.17) is 4.74 Å². The Hall–Kier alpha value is -3.49. The highest BCUT2D eigenvalue weighted by Gasteiger charge is 2.72. The summed E-state index contributed by atoms with van der Waals surface area (Å²) in [5.41, 5.74) is -3.72. The average Bonchev–Trinajstić information content (AvgIpc) is 3.22. The number of fused-ring (bicyclic) bond motifs is 2. The Morgan fingerprint density at radius 2 is 1.91 bits per heavy atom. The number of piperidine rings is 2. The molecule has 0 saturated carbocycles. The molecule has 2 amide bonds. The molecule has 2 unspecified atom stereocenters. The SMILES string of the molecule is CC1(C)C=Cc2c(ccc(C3=C[C@]45NC(=O)C6(CCCN6C4=O)CC5C(C)(C)C3=O)c2[N+](=O)[O-])O1. The highest BCUT2D eigenvalue weighted by molar-refractivity contribution is 6.27. The summed E-state index contributed by atoms with van der Waals surface area (Å²) in [6, 6.07) is 3.14. The number of ketones is 1. The van der Waals surface area contributed by atoms with E-state index < -0.39 is 32.9 Å². The van der Waals surface area contributed by atoms with Crippen LogP contribution in [0.15, 0.2) is 24.3 Å². The smallest absolute Gasteiger partial charge is 0.288 e. The highest BCUT2D eigenvalue weighted by atomic mass is 16.6. The summed E-state index contributed by atoms with van der Waals surface area (Å²) in [4.78, 5) is 54.5. The minimum absolute atomic E-state index is 0.0845. The molecule has 0 radical (unpaired) electrons. The molecule has 5 heterocycles. The lowest BCUT2D eigenvalue weighted by molar-refractivity contribution is -0.385. The maximum atomic E-state index is 13.9. The molecule has 4 fully saturated rings. The maximum absolute atomic E-state index is 13.9. The number of ether oxygens (including phenoxy) is 1. The number of rotatable bonds is 2. The molecule has 7 rings (SSSR count). The minimum atomic E-state index is -1.41. The van der Waals surface area contributed by atoms with E-state index in [1.807, 2.05) is 13.8 Å². The number of nitro groups is 1. The van der Waals surface area contributed by atoms with Gasteiger partial charge in [0.2, 0.25) is 5.91 Å². The van der Waals surface area contributed by atoms with Gasteiger partial charge in [0.25, 0.3) is 11.6 Å². The van der Waals surface area contributed by atoms with Crippen LogP contribution >= 0.6 is 0 Å². The van der Waals surface area contributed by atoms with Crippen molar-refractivity contribution in [3.63, 3.8) is 0 Å². The molecule has 0 aromatic heterocycles. The van der Waals surface area contributed by atoms with Gasteiger partial charge in [-0.1, -0.05) is 13.8 Å². The van der Waals surface area contributed by atoms with E-state index in [2.05, 4.69) is 5.32 Å². The standard InChI is InChI=1S/C26H27N3O6/c1-23(2)10-8-15-17(35-23)7-6-14(19(15)29(33)34)16-12-26-18(24(3,4)20(16)30)13-25(21(31)27-26)9-5-11-28(25)22(26)32/h6-8,10,12,18H,5,9,11,13H2,1-4H3,(H,27,31)/t18?,25?,26-/m1/s1. The molecular weight excluding hydrogens is 450 g/mol. The summed E-state index contributed by atoms with van der Waals surface area (Å²) in [6.07, 6.45) is 6.60. The average molecular weight is 478 g/mol. The molecule has 4 saturated heterocycles. The lowest BCUT2D eigenvalue weighted by atomic mass is 9.51. The highest BCUT2D eigenvalue weighted by Crippen LogP contribution is 2.59. The number of carbonyl (C=O) groups is 3. The molecule has 1 aliphatic carbocycles. The number of benzene rings is 1. The first-order valence-electron chi connectivity index (χ1n) is 12.0. The van der Waals surface area contributed by atoms with Gasteiger partial charge in [-0.25, -0.2) is 0 Å². The van der Waals surface area contributed by atoms with E-state index in [0.717, 1.165) is 6.42 Å². The fraction of sp³-hybridized carbons (Fsp3) is 0.500. The number of nitrogens with zero attached hydrogens (tertiary/aromatic N) is 2. The van der Waals surface area contributed by atoms with Gasteiger partial charge in [0, 0.05) is 23.5 Å². The molecule has 3 atom stereocenters. The molecule has 6 aliphatic rings. The molecular formula is C26H27N3O6. The zero-order valence-electron chi connectivity index (χ0n) is 20.1. The second kappa shape index (κ2) is 6.38. The molecule has 9 nitrogen and oxygen atoms in total. The van der Waals surface area contributed by atoms with E-state index in [0.29, 0.717) is 25.1 Å². The number of piperazine rings is 1. The van der Waals surface area contributed by atoms with Crippen LogP contribution in [-0.4, -0.2) is 50.6 Å². The van der Waals surface area contributed by atoms with Crippen LogP contribution in [0.5, 0.6) is 5.75 Å². The molecule has 1 aromatic rings. The largest absolute Gasteiger partial charge is 0.483 e. The Morgan fingerprint density at radius 1 is 1.17 bits per heavy atom. The van der Waals surface area contributed by atoms with Crippen molar-refractivity contribution in [2.45, 2.75) is 63.6 Å². The monoisotopic (exact) mass is 477 g/mol. The summed E-state index contributed by atoms with van der Waals surface area (Å²) in [5.74, 6) is -0.785. The Labute approximate surface area is 202 Å². The number of nitro benzene ring substituents is 1. The normalized spacial score (nSPS) is 33.4. The molecule has 1 aromatic carbocycles. The van der Waals surface area contributed by atoms with E-state index in [1.165, 1.54) is 12.1 Å². The Balaban J connectivity index is 1.59. The van der Waals surface area contributed by atoms with Crippen LogP contribution in [0.1, 0.15) is 58.1 Å². The second-order valence-electron chi connectivity index (χ2n) is 11.5. The molecule has 9 heteroatoms. The van der Waals surface area contributed by atoms with E-state index in [-0.39, 0.29) is 40.0 Å². The number of amides is 2. The van der Waals surface area contributed by atoms with Crippen LogP contribution in [0.25, 0.3) is 11.6 Å². The third-order valence-corrected chi connectivity index (χ3v) is 8.67. The summed E-state index contributed by atoms with van der Waals surface area (Å²) in [6.45, 7) is 7.75. The van der Waals surface area contributed by atoms with E-state index >= 15 is 0 Å². The number of nitrogens with one attached hydrogen (secondary N) is 1. The van der Waals surface area contributed by atoms with Crippen molar-refractivity contribution >= 4 is 34.9 Å². The Bertz CT molecular complexity index is 1320. The van der Waals surface area contributed by atoms with Crippen LogP contribution in [0.3, 0.4) is 0 Å². The van der Waals surface area contributed by atoms with Gasteiger partial charge >= 0.3 is 0 Å². The lowest BCUT2D eigenvalue weighted by Gasteiger charge is -2.62. The number of Topliss-reactive ketones (excluding diaryl/α,β-unsaturated/α-hetero) is 1. The van der Waals surface area contributed by atoms with Crippen LogP contribution in [0, 0.1) is 21.4 Å². The van der Waals surface area contributed by atoms with Gasteiger partial charge in [0.05, 0.1) is 16.1 Å². The lowest BCUT2D eigenvalue weighted by Crippen LogP contribution is -2.83. The minimum Gasteiger partial charge on any atom is -0.483 e. The number of hydrogen-bond donors (Lipinski definition) is 1. The van der Waals surface area contributed by atoms with Crippen LogP contribution in [0.4, 0.5) is 5.69 Å². The van der Waals surface area contributed by atoms with Crippen LogP contribution in [-0.2, 0) is 14.4 Å². The van der Waals surface area contributed by atoms with E-state index in [9.17, 15) is 24.5 Å². The van der Waals surface area contributed by atoms with Gasteiger partial charge in [0.1, 0.15) is 22.4 Å². The number of carbonyl (C=O) groups excluding carboxylic acids is 3. The van der Waals surface area contributed by atoms with Crippen molar-refractivity contribution in [3.05, 3.63) is 45.5 Å². The molecule has 1 N–H and O–H groups in total. The molecule has 35 heavy (non-hydrogen) atoms. The first kappa shape index (κ1) is 22.0. The molecule has 2 bridgehead atoms. The summed E-state index contributed by atoms with van der Waals surface area (Å²) in [5, 5.41) is 15.3. The first-order valence-corrected chi connectivity index (χ1v) is 12.0. The van der Waals surface area contributed by atoms with Crippen molar-refractivity contribution in [2.75, 3.05) is 6.54 Å². The van der Waals surface area contributed by atoms with E-state index in [1.54, 1.807) is 37.0 Å². The number of allylic oxidation sites excluding steroid dienone is 1. The zero-order valence-corrected chi connectivity index (χ0v) is 20.1. The summed E-state index contributed by atoms with van der Waals surface area (Å²) in [7, 11) is 0. The fourth-order valence-corrected chi connectivity index (χ4v) is 6.91. The molecule has 182 valence electrons. The van der Waals surface area contributed by atoms with Crippen molar-refractivity contribution in [2.24, 2.45) is 11.3 Å². The summed E-state index contributed by atoms with van der Waals surface area (Å²) >= 11 is 0. The second-order valence-corrected chi connectivity index (χ2v) is 11.5. The van der Waals surface area contributed by atoms with Gasteiger partial charge in [-0.2, -0.15) is 0 Å². The fourth-order valence-electron chi connectivity index (χ4n) is 6.91. The van der Waals surface area contributed by atoms with Crippen molar-refractivity contribution in [1.82, 2.24) is 10.2 Å². The quantitative estimate of drug-likeness (QED) is 0.517. The predicted molar refractivity (Wildman–Crippen MR) is 126 cm³/mol. The Morgan fingerprint density at radius 3 is 2.63 bits per heavy atom. The van der Waals surface area contributed by atoms with Crippen LogP contribution < -0.4 is 10.1 Å². The van der Waals surface area contributed by atoms with Gasteiger partial charge in [-0.3, -0.25) is 24.5 Å². The van der Waals surface area contributed by atoms with Crippen LogP contribution in [0.2, 0.25) is 0 Å². The molecule has 5 aliphatic heterocycles. The van der Waals surface area contributed by atoms with Gasteiger partial charge in [-0.15, -0.1) is 0 Å². The zero-order chi connectivity index (χ0) is 25.1. The van der Waals surface area contributed by atoms with Gasteiger partial charge in [0.15, 0.2) is 5.78 Å². The number of hydrogen-bond acceptors (Lipinski definition) is 6. The van der Waals surface area contributed by atoms with Crippen molar-refractivity contribution in [1.29, 1.82) is 0 Å². The first-order chi connectivity index (χ1) is 16.3. The Kier molecular flexibility index (Phi) is 4.01. The predicted octanol–water partition coefficient (Wildman–Crippen LogP) is 3.02. The third-order valence-electron chi connectivity index (χ3n) is 8.67. The summed E-state index contributed by atoms with van der Waals surface area (Å²) < 4.78 is 5.92. The van der Waals surface area contributed by atoms with Gasteiger partial charge < -0.3 is 15.0 Å². The van der Waals surface area contributed by atoms with Gasteiger partial charge in [-0.05, 0) is 63.5 Å².